The average Bonchev–Trinajstić information content (AvgIpc) is 2.98. The van der Waals surface area contributed by atoms with Crippen LogP contribution in [0.25, 0.3) is 0 Å². The molecule has 0 saturated carbocycles. The van der Waals surface area contributed by atoms with Crippen molar-refractivity contribution in [3.8, 4) is 5.75 Å². The second kappa shape index (κ2) is 10.9. The number of rotatable bonds is 6. The molecule has 1 fully saturated rings. The number of fused-ring (bicyclic) bond motifs is 1. The molecular weight excluding hydrogens is 530 g/mol. The second-order valence-electron chi connectivity index (χ2n) is 9.48. The number of nitrogens with zero attached hydrogens (tertiary/aromatic N) is 7. The summed E-state index contributed by atoms with van der Waals surface area (Å²) in [5.74, 6) is 2.67. The summed E-state index contributed by atoms with van der Waals surface area (Å²) in [4.78, 5) is 37.8. The minimum absolute atomic E-state index is 0.257. The fourth-order valence-electron chi connectivity index (χ4n) is 4.85. The quantitative estimate of drug-likeness (QED) is 0.349. The number of carbonyl (C=O) groups excluding carboxylic acids is 1. The summed E-state index contributed by atoms with van der Waals surface area (Å²) in [6.07, 6.45) is 5.04. The van der Waals surface area contributed by atoms with E-state index in [1.807, 2.05) is 31.2 Å². The van der Waals surface area contributed by atoms with Gasteiger partial charge in [-0.15, -0.1) is 0 Å². The van der Waals surface area contributed by atoms with Gasteiger partial charge < -0.3 is 20.3 Å². The third kappa shape index (κ3) is 4.96. The molecule has 2 aliphatic rings. The van der Waals surface area contributed by atoms with E-state index in [0.29, 0.717) is 34.0 Å². The molecule has 3 aromatic heterocycles. The number of aromatic nitrogens is 4. The maximum absolute atomic E-state index is 14.0. The molecule has 4 aromatic rings. The Morgan fingerprint density at radius 2 is 1.77 bits per heavy atom. The van der Waals surface area contributed by atoms with E-state index >= 15 is 0 Å². The van der Waals surface area contributed by atoms with E-state index in [0.717, 1.165) is 48.8 Å². The van der Waals surface area contributed by atoms with Gasteiger partial charge in [0.15, 0.2) is 5.82 Å². The van der Waals surface area contributed by atoms with Crippen LogP contribution in [-0.2, 0) is 6.54 Å². The van der Waals surface area contributed by atoms with Gasteiger partial charge in [0.2, 0.25) is 5.95 Å². The third-order valence-corrected chi connectivity index (χ3v) is 7.20. The van der Waals surface area contributed by atoms with Crippen molar-refractivity contribution in [2.24, 2.45) is 0 Å². The fourth-order valence-corrected chi connectivity index (χ4v) is 5.18. The highest BCUT2D eigenvalue weighted by Gasteiger charge is 2.36. The standard InChI is InChI=1S/C28H28ClN9O2/c1-18-4-3-5-22(29)25(18)37-17-19-14-33-27(34-20-6-8-23(31-15-20)36-12-10-30-11-13-36)35-26(19)38(28(37)39)24-9-7-21(40-2)16-32-24/h3-9,14-16,30H,10-13,17H2,1-2H3,(H,33,34,35). The lowest BCUT2D eigenvalue weighted by Gasteiger charge is -2.36. The molecule has 0 aliphatic carbocycles. The predicted octanol–water partition coefficient (Wildman–Crippen LogP) is 4.67. The molecule has 2 amide bonds. The Balaban J connectivity index is 1.34. The maximum Gasteiger partial charge on any atom is 0.336 e. The molecule has 0 radical (unpaired) electrons. The van der Waals surface area contributed by atoms with Gasteiger partial charge in [0.25, 0.3) is 0 Å². The lowest BCUT2D eigenvalue weighted by atomic mass is 10.1. The van der Waals surface area contributed by atoms with E-state index in [2.05, 4.69) is 30.5 Å². The van der Waals surface area contributed by atoms with Crippen LogP contribution >= 0.6 is 11.6 Å². The van der Waals surface area contributed by atoms with Gasteiger partial charge >= 0.3 is 6.03 Å². The molecule has 0 spiro atoms. The number of hydrogen-bond donors (Lipinski definition) is 2. The first-order valence-electron chi connectivity index (χ1n) is 12.9. The first-order chi connectivity index (χ1) is 19.5. The Morgan fingerprint density at radius 1 is 0.975 bits per heavy atom. The Morgan fingerprint density at radius 3 is 2.48 bits per heavy atom. The van der Waals surface area contributed by atoms with Gasteiger partial charge in [-0.1, -0.05) is 23.7 Å². The van der Waals surface area contributed by atoms with Gasteiger partial charge in [0.05, 0.1) is 42.4 Å². The van der Waals surface area contributed by atoms with Crippen LogP contribution in [0.1, 0.15) is 11.1 Å². The van der Waals surface area contributed by atoms with Crippen LogP contribution in [0, 0.1) is 6.92 Å². The molecule has 11 nitrogen and oxygen atoms in total. The van der Waals surface area contributed by atoms with Crippen molar-refractivity contribution in [2.75, 3.05) is 53.3 Å². The number of benzene rings is 1. The van der Waals surface area contributed by atoms with Gasteiger partial charge in [-0.2, -0.15) is 4.98 Å². The molecule has 5 heterocycles. The highest BCUT2D eigenvalue weighted by molar-refractivity contribution is 6.34. The van der Waals surface area contributed by atoms with Crippen molar-refractivity contribution in [3.63, 3.8) is 0 Å². The van der Waals surface area contributed by atoms with Crippen molar-refractivity contribution in [3.05, 3.63) is 77.2 Å². The Hall–Kier alpha value is -4.48. The number of para-hydroxylation sites is 1. The fraction of sp³-hybridized carbons (Fsp3) is 0.250. The van der Waals surface area contributed by atoms with Crippen LogP contribution < -0.4 is 30.1 Å². The van der Waals surface area contributed by atoms with E-state index < -0.39 is 0 Å². The van der Waals surface area contributed by atoms with E-state index in [1.54, 1.807) is 48.8 Å². The van der Waals surface area contributed by atoms with Crippen LogP contribution in [0.5, 0.6) is 5.75 Å². The first-order valence-corrected chi connectivity index (χ1v) is 13.3. The number of urea groups is 1. The monoisotopic (exact) mass is 557 g/mol. The summed E-state index contributed by atoms with van der Waals surface area (Å²) in [6.45, 7) is 5.90. The van der Waals surface area contributed by atoms with Gasteiger partial charge in [-0.25, -0.2) is 24.6 Å². The molecule has 0 bridgehead atoms. The number of anilines is 6. The molecule has 0 unspecified atom stereocenters. The largest absolute Gasteiger partial charge is 0.495 e. The lowest BCUT2D eigenvalue weighted by molar-refractivity contribution is 0.252. The summed E-state index contributed by atoms with van der Waals surface area (Å²) in [6, 6.07) is 12.6. The number of nitrogens with one attached hydrogen (secondary N) is 2. The van der Waals surface area contributed by atoms with E-state index in [4.69, 9.17) is 21.3 Å². The molecule has 6 rings (SSSR count). The average molecular weight is 558 g/mol. The number of halogens is 1. The van der Waals surface area contributed by atoms with Crippen molar-refractivity contribution >= 4 is 52.4 Å². The highest BCUT2D eigenvalue weighted by atomic mass is 35.5. The highest BCUT2D eigenvalue weighted by Crippen LogP contribution is 2.39. The molecule has 2 N–H and O–H groups in total. The smallest absolute Gasteiger partial charge is 0.336 e. The van der Waals surface area contributed by atoms with Crippen LogP contribution in [0.3, 0.4) is 0 Å². The van der Waals surface area contributed by atoms with Crippen molar-refractivity contribution in [1.29, 1.82) is 0 Å². The normalized spacial score (nSPS) is 15.2. The lowest BCUT2D eigenvalue weighted by Crippen LogP contribution is -2.46. The van der Waals surface area contributed by atoms with Crippen molar-refractivity contribution in [1.82, 2.24) is 25.3 Å². The number of amides is 2. The van der Waals surface area contributed by atoms with Crippen molar-refractivity contribution < 1.29 is 9.53 Å². The number of aryl methyl sites for hydroxylation is 1. The number of methoxy groups -OCH3 is 1. The Kier molecular flexibility index (Phi) is 7.06. The van der Waals surface area contributed by atoms with E-state index in [-0.39, 0.29) is 12.6 Å². The summed E-state index contributed by atoms with van der Waals surface area (Å²) >= 11 is 6.57. The molecule has 1 saturated heterocycles. The minimum Gasteiger partial charge on any atom is -0.495 e. The molecule has 1 aromatic carbocycles. The number of hydrogen-bond acceptors (Lipinski definition) is 9. The Bertz CT molecular complexity index is 1510. The molecular formula is C28H28ClN9O2. The number of ether oxygens (including phenoxy) is 1. The van der Waals surface area contributed by atoms with E-state index in [9.17, 15) is 4.79 Å². The van der Waals surface area contributed by atoms with E-state index in [1.165, 1.54) is 4.90 Å². The van der Waals surface area contributed by atoms with Crippen LogP contribution in [-0.4, -0.2) is 59.3 Å². The topological polar surface area (TPSA) is 112 Å². The second-order valence-corrected chi connectivity index (χ2v) is 9.88. The summed E-state index contributed by atoms with van der Waals surface area (Å²) in [5.41, 5.74) is 3.00. The van der Waals surface area contributed by atoms with Gasteiger partial charge in [-0.3, -0.25) is 4.90 Å². The molecule has 12 heteroatoms. The van der Waals surface area contributed by atoms with Gasteiger partial charge in [0, 0.05) is 37.9 Å². The van der Waals surface area contributed by atoms with Crippen LogP contribution in [0.2, 0.25) is 5.02 Å². The maximum atomic E-state index is 14.0. The first kappa shape index (κ1) is 25.8. The Labute approximate surface area is 236 Å². The van der Waals surface area contributed by atoms with Gasteiger partial charge in [-0.05, 0) is 42.8 Å². The third-order valence-electron chi connectivity index (χ3n) is 6.89. The van der Waals surface area contributed by atoms with Gasteiger partial charge in [0.1, 0.15) is 17.4 Å². The SMILES string of the molecule is COc1ccc(N2C(=O)N(c3c(C)cccc3Cl)Cc3cnc(Nc4ccc(N5CCNCC5)nc4)nc32)nc1. The van der Waals surface area contributed by atoms with Crippen LogP contribution in [0.15, 0.2) is 61.1 Å². The number of carbonyl (C=O) groups is 1. The van der Waals surface area contributed by atoms with Crippen molar-refractivity contribution in [2.45, 2.75) is 13.5 Å². The molecule has 204 valence electrons. The predicted molar refractivity (Wildman–Crippen MR) is 155 cm³/mol. The number of piperazine rings is 1. The zero-order valence-corrected chi connectivity index (χ0v) is 22.9. The zero-order valence-electron chi connectivity index (χ0n) is 22.1. The summed E-state index contributed by atoms with van der Waals surface area (Å²) < 4.78 is 5.27. The summed E-state index contributed by atoms with van der Waals surface area (Å²) in [7, 11) is 1.57. The molecule has 40 heavy (non-hydrogen) atoms. The molecule has 0 atom stereocenters. The van der Waals surface area contributed by atoms with Crippen LogP contribution in [0.4, 0.5) is 39.6 Å². The minimum atomic E-state index is -0.326. The summed E-state index contributed by atoms with van der Waals surface area (Å²) in [5, 5.41) is 7.05. The molecule has 2 aliphatic heterocycles. The number of pyridine rings is 2. The zero-order chi connectivity index (χ0) is 27.6.